The van der Waals surface area contributed by atoms with Crippen LogP contribution in [0.1, 0.15) is 18.7 Å². The van der Waals surface area contributed by atoms with Gasteiger partial charge in [0, 0.05) is 11.4 Å². The largest absolute Gasteiger partial charge is 0.312 e. The van der Waals surface area contributed by atoms with E-state index in [0.717, 1.165) is 19.0 Å². The lowest BCUT2D eigenvalue weighted by molar-refractivity contribution is 0.555. The smallest absolute Gasteiger partial charge is 0.0299 e. The van der Waals surface area contributed by atoms with Crippen LogP contribution in [0.2, 0.25) is 0 Å². The Morgan fingerprint density at radius 3 is 2.75 bits per heavy atom. The molecule has 0 aliphatic carbocycles. The first-order valence-electron chi connectivity index (χ1n) is 4.02. The van der Waals surface area contributed by atoms with Gasteiger partial charge in [0.25, 0.3) is 0 Å². The summed E-state index contributed by atoms with van der Waals surface area (Å²) in [5.74, 6) is 0.745. The van der Waals surface area contributed by atoms with E-state index in [0.29, 0.717) is 0 Å². The van der Waals surface area contributed by atoms with Crippen molar-refractivity contribution >= 4 is 23.7 Å². The van der Waals surface area contributed by atoms with Gasteiger partial charge < -0.3 is 5.32 Å². The van der Waals surface area contributed by atoms with Crippen LogP contribution >= 0.6 is 23.7 Å². The van der Waals surface area contributed by atoms with Gasteiger partial charge in [-0.15, -0.1) is 23.7 Å². The zero-order valence-corrected chi connectivity index (χ0v) is 9.17. The minimum atomic E-state index is 0. The summed E-state index contributed by atoms with van der Waals surface area (Å²) in [5, 5.41) is 5.52. The molecule has 1 nitrogen and oxygen atoms in total. The van der Waals surface area contributed by atoms with E-state index in [4.69, 9.17) is 0 Å². The van der Waals surface area contributed by atoms with Crippen molar-refractivity contribution in [2.45, 2.75) is 20.4 Å². The molecule has 70 valence electrons. The highest BCUT2D eigenvalue weighted by Gasteiger charge is 1.94. The minimum absolute atomic E-state index is 0. The summed E-state index contributed by atoms with van der Waals surface area (Å²) in [7, 11) is 0. The molecule has 0 radical (unpaired) electrons. The zero-order valence-electron chi connectivity index (χ0n) is 7.54. The van der Waals surface area contributed by atoms with Gasteiger partial charge in [-0.05, 0) is 23.9 Å². The Morgan fingerprint density at radius 1 is 1.50 bits per heavy atom. The van der Waals surface area contributed by atoms with Crippen LogP contribution in [0.15, 0.2) is 17.5 Å². The second kappa shape index (κ2) is 6.46. The first kappa shape index (κ1) is 11.9. The predicted octanol–water partition coefficient (Wildman–Crippen LogP) is 2.92. The number of nitrogens with one attached hydrogen (secondary N) is 1. The Morgan fingerprint density at radius 2 is 2.25 bits per heavy atom. The minimum Gasteiger partial charge on any atom is -0.312 e. The highest BCUT2D eigenvalue weighted by molar-refractivity contribution is 7.09. The normalized spacial score (nSPS) is 9.92. The van der Waals surface area contributed by atoms with Gasteiger partial charge in [-0.3, -0.25) is 0 Å². The van der Waals surface area contributed by atoms with Crippen LogP contribution in [0.5, 0.6) is 0 Å². The molecule has 0 aliphatic rings. The van der Waals surface area contributed by atoms with E-state index in [1.807, 2.05) is 11.3 Å². The maximum Gasteiger partial charge on any atom is 0.0299 e. The zero-order chi connectivity index (χ0) is 8.10. The summed E-state index contributed by atoms with van der Waals surface area (Å²) >= 11 is 1.81. The van der Waals surface area contributed by atoms with Crippen molar-refractivity contribution in [3.05, 3.63) is 22.4 Å². The van der Waals surface area contributed by atoms with Crippen molar-refractivity contribution in [3.8, 4) is 0 Å². The van der Waals surface area contributed by atoms with E-state index >= 15 is 0 Å². The summed E-state index contributed by atoms with van der Waals surface area (Å²) in [4.78, 5) is 1.42. The number of rotatable bonds is 4. The quantitative estimate of drug-likeness (QED) is 0.797. The summed E-state index contributed by atoms with van der Waals surface area (Å²) < 4.78 is 0. The van der Waals surface area contributed by atoms with Gasteiger partial charge in [0.1, 0.15) is 0 Å². The van der Waals surface area contributed by atoms with E-state index in [2.05, 4.69) is 36.7 Å². The maximum atomic E-state index is 3.40. The van der Waals surface area contributed by atoms with Crippen LogP contribution in [-0.2, 0) is 6.54 Å². The summed E-state index contributed by atoms with van der Waals surface area (Å²) in [6.45, 7) is 6.58. The average Bonchev–Trinajstić information content (AvgIpc) is 2.39. The summed E-state index contributed by atoms with van der Waals surface area (Å²) in [6.07, 6.45) is 0. The lowest BCUT2D eigenvalue weighted by Crippen LogP contribution is -2.18. The van der Waals surface area contributed by atoms with Gasteiger partial charge in [-0.25, -0.2) is 0 Å². The first-order chi connectivity index (χ1) is 5.29. The third-order valence-electron chi connectivity index (χ3n) is 1.43. The fraction of sp³-hybridized carbons (Fsp3) is 0.556. The van der Waals surface area contributed by atoms with Crippen LogP contribution in [0, 0.1) is 5.92 Å². The van der Waals surface area contributed by atoms with Gasteiger partial charge in [-0.1, -0.05) is 19.9 Å². The van der Waals surface area contributed by atoms with E-state index < -0.39 is 0 Å². The second-order valence-electron chi connectivity index (χ2n) is 3.10. The highest BCUT2D eigenvalue weighted by Crippen LogP contribution is 2.07. The molecule has 0 unspecified atom stereocenters. The first-order valence-corrected chi connectivity index (χ1v) is 4.90. The molecule has 0 fully saturated rings. The van der Waals surface area contributed by atoms with Crippen LogP contribution in [-0.4, -0.2) is 6.54 Å². The Balaban J connectivity index is 0.00000121. The summed E-state index contributed by atoms with van der Waals surface area (Å²) in [6, 6.07) is 4.26. The number of hydrogen-bond acceptors (Lipinski definition) is 2. The van der Waals surface area contributed by atoms with Gasteiger partial charge in [0.05, 0.1) is 0 Å². The van der Waals surface area contributed by atoms with Crippen LogP contribution in [0.25, 0.3) is 0 Å². The monoisotopic (exact) mass is 205 g/mol. The van der Waals surface area contributed by atoms with Crippen LogP contribution < -0.4 is 5.32 Å². The maximum absolute atomic E-state index is 3.40. The molecule has 1 aromatic rings. The number of halogens is 1. The molecule has 1 heterocycles. The van der Waals surface area contributed by atoms with Crippen molar-refractivity contribution in [1.29, 1.82) is 0 Å². The van der Waals surface area contributed by atoms with Crippen molar-refractivity contribution < 1.29 is 0 Å². The average molecular weight is 206 g/mol. The molecule has 1 N–H and O–H groups in total. The fourth-order valence-electron chi connectivity index (χ4n) is 0.897. The lowest BCUT2D eigenvalue weighted by Gasteiger charge is -2.04. The molecular weight excluding hydrogens is 190 g/mol. The molecule has 0 aromatic carbocycles. The predicted molar refractivity (Wildman–Crippen MR) is 58.1 cm³/mol. The Labute approximate surface area is 84.6 Å². The third kappa shape index (κ3) is 4.75. The summed E-state index contributed by atoms with van der Waals surface area (Å²) in [5.41, 5.74) is 0. The van der Waals surface area contributed by atoms with Crippen molar-refractivity contribution in [2.75, 3.05) is 6.54 Å². The van der Waals surface area contributed by atoms with Crippen molar-refractivity contribution in [2.24, 2.45) is 5.92 Å². The Bertz CT molecular complexity index is 184. The molecular formula is C9H16ClNS. The molecule has 3 heteroatoms. The van der Waals surface area contributed by atoms with Gasteiger partial charge in [-0.2, -0.15) is 0 Å². The SMILES string of the molecule is CC(C)CNCc1cccs1.Cl. The van der Waals surface area contributed by atoms with Crippen molar-refractivity contribution in [1.82, 2.24) is 5.32 Å². The molecule has 0 atom stereocenters. The third-order valence-corrected chi connectivity index (χ3v) is 2.31. The van der Waals surface area contributed by atoms with Gasteiger partial charge >= 0.3 is 0 Å². The van der Waals surface area contributed by atoms with E-state index in [1.54, 1.807) is 0 Å². The standard InChI is InChI=1S/C9H15NS.ClH/c1-8(2)6-10-7-9-4-3-5-11-9;/h3-5,8,10H,6-7H2,1-2H3;1H. The fourth-order valence-corrected chi connectivity index (χ4v) is 1.57. The van der Waals surface area contributed by atoms with Gasteiger partial charge in [0.15, 0.2) is 0 Å². The van der Waals surface area contributed by atoms with Crippen LogP contribution in [0.4, 0.5) is 0 Å². The second-order valence-corrected chi connectivity index (χ2v) is 4.14. The van der Waals surface area contributed by atoms with Crippen molar-refractivity contribution in [3.63, 3.8) is 0 Å². The van der Waals surface area contributed by atoms with E-state index in [1.165, 1.54) is 4.88 Å². The highest BCUT2D eigenvalue weighted by atomic mass is 35.5. The Hall–Kier alpha value is -0.0500. The van der Waals surface area contributed by atoms with Gasteiger partial charge in [0.2, 0.25) is 0 Å². The molecule has 1 aromatic heterocycles. The molecule has 0 bridgehead atoms. The Kier molecular flexibility index (Phi) is 6.44. The molecule has 1 rings (SSSR count). The van der Waals surface area contributed by atoms with Crippen LogP contribution in [0.3, 0.4) is 0 Å². The number of hydrogen-bond donors (Lipinski definition) is 1. The lowest BCUT2D eigenvalue weighted by atomic mass is 10.2. The number of thiophene rings is 1. The van der Waals surface area contributed by atoms with E-state index in [-0.39, 0.29) is 12.4 Å². The molecule has 0 saturated carbocycles. The van der Waals surface area contributed by atoms with E-state index in [9.17, 15) is 0 Å². The molecule has 0 amide bonds. The molecule has 12 heavy (non-hydrogen) atoms. The molecule has 0 saturated heterocycles. The molecule has 0 spiro atoms. The molecule has 0 aliphatic heterocycles. The topological polar surface area (TPSA) is 12.0 Å².